The number of aryl methyl sites for hydroxylation is 1. The molecule has 2 heterocycles. The van der Waals surface area contributed by atoms with Gasteiger partial charge in [0.25, 0.3) is 17.7 Å². The molecule has 0 fully saturated rings. The molecular formula is C17H15N3O6. The molecule has 0 aliphatic carbocycles. The largest absolute Gasteiger partial charge is 0.456 e. The van der Waals surface area contributed by atoms with E-state index in [1.54, 1.807) is 31.2 Å². The molecule has 0 radical (unpaired) electrons. The summed E-state index contributed by atoms with van der Waals surface area (Å²) in [5.74, 6) is -1.43. The van der Waals surface area contributed by atoms with Crippen molar-refractivity contribution in [2.45, 2.75) is 13.3 Å². The van der Waals surface area contributed by atoms with Gasteiger partial charge in [0, 0.05) is 12.6 Å². The van der Waals surface area contributed by atoms with Crippen molar-refractivity contribution in [3.05, 3.63) is 47.2 Å². The third-order valence-corrected chi connectivity index (χ3v) is 3.68. The second-order valence-corrected chi connectivity index (χ2v) is 5.59. The first-order valence-electron chi connectivity index (χ1n) is 7.79. The topological polar surface area (TPSA) is 119 Å². The molecule has 1 aliphatic heterocycles. The average molecular weight is 357 g/mol. The maximum atomic E-state index is 12.2. The zero-order valence-corrected chi connectivity index (χ0v) is 13.9. The minimum atomic E-state index is -0.701. The lowest BCUT2D eigenvalue weighted by Crippen LogP contribution is -2.32. The van der Waals surface area contributed by atoms with Gasteiger partial charge in [0.15, 0.2) is 12.4 Å². The molecule has 134 valence electrons. The third kappa shape index (κ3) is 3.61. The van der Waals surface area contributed by atoms with Crippen molar-refractivity contribution >= 4 is 29.5 Å². The number of imide groups is 1. The van der Waals surface area contributed by atoms with Gasteiger partial charge >= 0.3 is 5.97 Å². The number of amides is 3. The van der Waals surface area contributed by atoms with E-state index in [2.05, 4.69) is 10.5 Å². The Kier molecular flexibility index (Phi) is 4.78. The number of carbonyl (C=O) groups excluding carboxylic acids is 4. The first-order valence-corrected chi connectivity index (χ1v) is 7.79. The van der Waals surface area contributed by atoms with Crippen LogP contribution in [-0.4, -0.2) is 46.9 Å². The number of ether oxygens (including phenoxy) is 1. The summed E-state index contributed by atoms with van der Waals surface area (Å²) < 4.78 is 9.62. The number of nitrogens with zero attached hydrogens (tertiary/aromatic N) is 2. The molecule has 3 amide bonds. The van der Waals surface area contributed by atoms with Gasteiger partial charge in [0.05, 0.1) is 17.5 Å². The zero-order chi connectivity index (χ0) is 18.7. The summed E-state index contributed by atoms with van der Waals surface area (Å²) in [4.78, 5) is 48.7. The molecule has 9 nitrogen and oxygen atoms in total. The Morgan fingerprint density at radius 1 is 1.19 bits per heavy atom. The predicted molar refractivity (Wildman–Crippen MR) is 87.3 cm³/mol. The second kappa shape index (κ2) is 7.18. The number of hydrogen-bond acceptors (Lipinski definition) is 7. The van der Waals surface area contributed by atoms with Crippen LogP contribution in [0.4, 0.5) is 5.82 Å². The number of fused-ring (bicyclic) bond motifs is 1. The number of anilines is 1. The van der Waals surface area contributed by atoms with E-state index in [1.807, 2.05) is 0 Å². The summed E-state index contributed by atoms with van der Waals surface area (Å²) in [6, 6.07) is 7.96. The van der Waals surface area contributed by atoms with Gasteiger partial charge < -0.3 is 14.6 Å². The van der Waals surface area contributed by atoms with E-state index >= 15 is 0 Å². The number of aromatic nitrogens is 1. The number of benzene rings is 1. The summed E-state index contributed by atoms with van der Waals surface area (Å²) in [6.07, 6.45) is -0.207. The summed E-state index contributed by atoms with van der Waals surface area (Å²) in [5.41, 5.74) is 0.626. The quantitative estimate of drug-likeness (QED) is 0.608. The molecular weight excluding hydrogens is 342 g/mol. The monoisotopic (exact) mass is 357 g/mol. The Morgan fingerprint density at radius 2 is 1.85 bits per heavy atom. The minimum Gasteiger partial charge on any atom is -0.456 e. The van der Waals surface area contributed by atoms with Gasteiger partial charge in [-0.05, 0) is 19.1 Å². The molecule has 1 aliphatic rings. The lowest BCUT2D eigenvalue weighted by atomic mass is 10.1. The highest BCUT2D eigenvalue weighted by atomic mass is 16.5. The maximum absolute atomic E-state index is 12.2. The molecule has 1 aromatic heterocycles. The lowest BCUT2D eigenvalue weighted by Gasteiger charge is -2.13. The number of rotatable bonds is 6. The molecule has 0 atom stereocenters. The van der Waals surface area contributed by atoms with Gasteiger partial charge in [-0.25, -0.2) is 0 Å². The predicted octanol–water partition coefficient (Wildman–Crippen LogP) is 1.15. The number of esters is 1. The fraction of sp³-hybridized carbons (Fsp3) is 0.235. The molecule has 0 saturated heterocycles. The van der Waals surface area contributed by atoms with Crippen molar-refractivity contribution in [2.24, 2.45) is 0 Å². The van der Waals surface area contributed by atoms with Crippen molar-refractivity contribution in [3.63, 3.8) is 0 Å². The Labute approximate surface area is 147 Å². The van der Waals surface area contributed by atoms with Crippen LogP contribution in [-0.2, 0) is 14.3 Å². The van der Waals surface area contributed by atoms with Crippen LogP contribution in [0.25, 0.3) is 0 Å². The molecule has 3 rings (SSSR count). The van der Waals surface area contributed by atoms with Gasteiger partial charge in [0.1, 0.15) is 5.76 Å². The van der Waals surface area contributed by atoms with Gasteiger partial charge in [-0.3, -0.25) is 24.1 Å². The molecule has 1 N–H and O–H groups in total. The van der Waals surface area contributed by atoms with Crippen molar-refractivity contribution in [3.8, 4) is 0 Å². The van der Waals surface area contributed by atoms with Gasteiger partial charge in [0.2, 0.25) is 0 Å². The van der Waals surface area contributed by atoms with Crippen molar-refractivity contribution < 1.29 is 28.4 Å². The molecule has 0 unspecified atom stereocenters. The molecule has 1 aromatic carbocycles. The van der Waals surface area contributed by atoms with Crippen LogP contribution in [0.15, 0.2) is 34.9 Å². The van der Waals surface area contributed by atoms with E-state index in [0.29, 0.717) is 16.9 Å². The average Bonchev–Trinajstić information content (AvgIpc) is 3.13. The zero-order valence-electron chi connectivity index (χ0n) is 13.9. The number of nitrogens with one attached hydrogen (secondary N) is 1. The fourth-order valence-electron chi connectivity index (χ4n) is 2.47. The minimum absolute atomic E-state index is 0.116. The first-order chi connectivity index (χ1) is 12.5. The highest BCUT2D eigenvalue weighted by Gasteiger charge is 2.35. The van der Waals surface area contributed by atoms with Gasteiger partial charge in [-0.15, -0.1) is 0 Å². The molecule has 0 spiro atoms. The van der Waals surface area contributed by atoms with Crippen LogP contribution in [0.3, 0.4) is 0 Å². The Balaban J connectivity index is 1.45. The highest BCUT2D eigenvalue weighted by Crippen LogP contribution is 2.22. The van der Waals surface area contributed by atoms with Crippen molar-refractivity contribution in [2.75, 3.05) is 18.5 Å². The maximum Gasteiger partial charge on any atom is 0.308 e. The summed E-state index contributed by atoms with van der Waals surface area (Å²) in [5, 5.41) is 5.98. The fourth-order valence-corrected chi connectivity index (χ4v) is 2.47. The number of carbonyl (C=O) groups is 4. The molecule has 0 saturated carbocycles. The van der Waals surface area contributed by atoms with Crippen LogP contribution in [0.1, 0.15) is 32.9 Å². The normalized spacial score (nSPS) is 12.9. The van der Waals surface area contributed by atoms with E-state index in [4.69, 9.17) is 9.26 Å². The lowest BCUT2D eigenvalue weighted by molar-refractivity contribution is -0.147. The van der Waals surface area contributed by atoms with E-state index in [0.717, 1.165) is 4.90 Å². The summed E-state index contributed by atoms with van der Waals surface area (Å²) in [7, 11) is 0. The first kappa shape index (κ1) is 17.3. The summed E-state index contributed by atoms with van der Waals surface area (Å²) in [6.45, 7) is 1.05. The second-order valence-electron chi connectivity index (χ2n) is 5.59. The van der Waals surface area contributed by atoms with E-state index in [9.17, 15) is 19.2 Å². The molecule has 2 aromatic rings. The van der Waals surface area contributed by atoms with Crippen LogP contribution in [0.5, 0.6) is 0 Å². The highest BCUT2D eigenvalue weighted by molar-refractivity contribution is 6.21. The van der Waals surface area contributed by atoms with Crippen molar-refractivity contribution in [1.29, 1.82) is 0 Å². The van der Waals surface area contributed by atoms with Crippen LogP contribution < -0.4 is 5.32 Å². The SMILES string of the molecule is Cc1cc(NC(=O)COC(=O)CCN2C(=O)c3ccccc3C2=O)no1. The summed E-state index contributed by atoms with van der Waals surface area (Å²) >= 11 is 0. The molecule has 26 heavy (non-hydrogen) atoms. The van der Waals surface area contributed by atoms with Crippen molar-refractivity contribution in [1.82, 2.24) is 10.1 Å². The van der Waals surface area contributed by atoms with Crippen LogP contribution >= 0.6 is 0 Å². The Bertz CT molecular complexity index is 853. The Morgan fingerprint density at radius 3 is 2.42 bits per heavy atom. The molecule has 0 bridgehead atoms. The smallest absolute Gasteiger partial charge is 0.308 e. The third-order valence-electron chi connectivity index (χ3n) is 3.68. The van der Waals surface area contributed by atoms with E-state index in [1.165, 1.54) is 6.07 Å². The molecule has 9 heteroatoms. The van der Waals surface area contributed by atoms with E-state index in [-0.39, 0.29) is 18.8 Å². The van der Waals surface area contributed by atoms with Gasteiger partial charge in [-0.1, -0.05) is 17.3 Å². The Hall–Kier alpha value is -3.49. The van der Waals surface area contributed by atoms with E-state index < -0.39 is 30.3 Å². The van der Waals surface area contributed by atoms with Crippen LogP contribution in [0, 0.1) is 6.92 Å². The standard InChI is InChI=1S/C17H15N3O6/c1-10-8-13(19-26-10)18-14(21)9-25-15(22)6-7-20-16(23)11-4-2-3-5-12(11)17(20)24/h2-5,8H,6-7,9H2,1H3,(H,18,19,21). The van der Waals surface area contributed by atoms with Crippen LogP contribution in [0.2, 0.25) is 0 Å². The van der Waals surface area contributed by atoms with Gasteiger partial charge in [-0.2, -0.15) is 0 Å². The number of hydrogen-bond donors (Lipinski definition) is 1.